The second kappa shape index (κ2) is 6.02. The molecule has 2 aromatic rings. The van der Waals surface area contributed by atoms with Gasteiger partial charge in [0.25, 0.3) is 0 Å². The maximum absolute atomic E-state index is 12.3. The maximum Gasteiger partial charge on any atom is 0.319 e. The molecule has 1 aliphatic heterocycles. The van der Waals surface area contributed by atoms with Crippen molar-refractivity contribution in [3.63, 3.8) is 0 Å². The molecule has 4 rings (SSSR count). The van der Waals surface area contributed by atoms with E-state index in [-0.39, 0.29) is 11.6 Å². The van der Waals surface area contributed by atoms with Crippen molar-refractivity contribution in [3.05, 3.63) is 52.5 Å². The fourth-order valence-corrected chi connectivity index (χ4v) is 3.13. The van der Waals surface area contributed by atoms with E-state index in [9.17, 15) is 4.79 Å². The summed E-state index contributed by atoms with van der Waals surface area (Å²) in [7, 11) is 0. The monoisotopic (exact) mass is 388 g/mol. The van der Waals surface area contributed by atoms with Crippen LogP contribution < -0.4 is 20.1 Å². The van der Waals surface area contributed by atoms with Crippen LogP contribution in [0.15, 0.2) is 46.9 Å². The van der Waals surface area contributed by atoms with E-state index in [1.165, 1.54) is 0 Å². The quantitative estimate of drug-likeness (QED) is 0.834. The highest BCUT2D eigenvalue weighted by molar-refractivity contribution is 9.10. The summed E-state index contributed by atoms with van der Waals surface area (Å²) in [5.41, 5.74) is 1.50. The number of benzene rings is 2. The number of amides is 2. The first-order valence-electron chi connectivity index (χ1n) is 7.90. The van der Waals surface area contributed by atoms with Gasteiger partial charge in [0.1, 0.15) is 13.2 Å². The fraction of sp³-hybridized carbons (Fsp3) is 0.278. The van der Waals surface area contributed by atoms with Gasteiger partial charge >= 0.3 is 6.03 Å². The van der Waals surface area contributed by atoms with Gasteiger partial charge in [0.2, 0.25) is 0 Å². The van der Waals surface area contributed by atoms with Crippen LogP contribution in [0.4, 0.5) is 10.5 Å². The molecule has 2 N–H and O–H groups in total. The van der Waals surface area contributed by atoms with E-state index in [2.05, 4.69) is 26.6 Å². The molecule has 0 radical (unpaired) electrons. The molecular formula is C18H17BrN2O3. The summed E-state index contributed by atoms with van der Waals surface area (Å²) in [6, 6.07) is 13.2. The predicted molar refractivity (Wildman–Crippen MR) is 94.6 cm³/mol. The molecule has 0 saturated heterocycles. The summed E-state index contributed by atoms with van der Waals surface area (Å²) in [5, 5.41) is 5.97. The molecule has 0 atom stereocenters. The number of ether oxygens (including phenoxy) is 2. The number of fused-ring (bicyclic) bond motifs is 1. The number of halogens is 1. The average Bonchev–Trinajstić information content (AvgIpc) is 3.37. The molecule has 5 nitrogen and oxygen atoms in total. The van der Waals surface area contributed by atoms with E-state index in [4.69, 9.17) is 9.47 Å². The third kappa shape index (κ3) is 3.06. The zero-order chi connectivity index (χ0) is 16.6. The molecule has 0 spiro atoms. The lowest BCUT2D eigenvalue weighted by molar-refractivity contribution is 0.171. The van der Waals surface area contributed by atoms with Crippen LogP contribution in [-0.4, -0.2) is 19.2 Å². The van der Waals surface area contributed by atoms with E-state index in [0.29, 0.717) is 13.2 Å². The molecule has 2 amide bonds. The van der Waals surface area contributed by atoms with Crippen LogP contribution in [0.5, 0.6) is 11.5 Å². The zero-order valence-corrected chi connectivity index (χ0v) is 14.6. The molecule has 0 unspecified atom stereocenters. The summed E-state index contributed by atoms with van der Waals surface area (Å²) in [6.45, 7) is 1.13. The summed E-state index contributed by atoms with van der Waals surface area (Å²) in [4.78, 5) is 12.3. The second-order valence-electron chi connectivity index (χ2n) is 6.03. The van der Waals surface area contributed by atoms with Crippen LogP contribution in [0.3, 0.4) is 0 Å². The topological polar surface area (TPSA) is 59.6 Å². The first-order chi connectivity index (χ1) is 11.6. The highest BCUT2D eigenvalue weighted by atomic mass is 79.9. The van der Waals surface area contributed by atoms with Crippen molar-refractivity contribution in [2.24, 2.45) is 0 Å². The predicted octanol–water partition coefficient (Wildman–Crippen LogP) is 4.03. The summed E-state index contributed by atoms with van der Waals surface area (Å²) < 4.78 is 12.2. The number of rotatable bonds is 3. The van der Waals surface area contributed by atoms with Crippen molar-refractivity contribution in [1.82, 2.24) is 5.32 Å². The number of carbonyl (C=O) groups is 1. The highest BCUT2D eigenvalue weighted by Crippen LogP contribution is 2.47. The number of carbonyl (C=O) groups excluding carboxylic acids is 1. The Labute approximate surface area is 148 Å². The zero-order valence-electron chi connectivity index (χ0n) is 13.0. The van der Waals surface area contributed by atoms with E-state index in [0.717, 1.165) is 40.1 Å². The Bertz CT molecular complexity index is 772. The van der Waals surface area contributed by atoms with Gasteiger partial charge in [-0.25, -0.2) is 4.79 Å². The lowest BCUT2D eigenvalue weighted by atomic mass is 10.0. The Morgan fingerprint density at radius 3 is 2.42 bits per heavy atom. The van der Waals surface area contributed by atoms with E-state index in [1.54, 1.807) is 0 Å². The molecule has 0 bridgehead atoms. The van der Waals surface area contributed by atoms with Gasteiger partial charge in [-0.15, -0.1) is 0 Å². The van der Waals surface area contributed by atoms with Crippen LogP contribution >= 0.6 is 15.9 Å². The summed E-state index contributed by atoms with van der Waals surface area (Å²) in [5.74, 6) is 1.51. The maximum atomic E-state index is 12.3. The van der Waals surface area contributed by atoms with Crippen molar-refractivity contribution in [2.75, 3.05) is 18.5 Å². The highest BCUT2D eigenvalue weighted by Gasteiger charge is 2.46. The third-order valence-corrected chi connectivity index (χ3v) is 4.83. The molecule has 1 saturated carbocycles. The van der Waals surface area contributed by atoms with Crippen molar-refractivity contribution in [3.8, 4) is 11.5 Å². The van der Waals surface area contributed by atoms with Crippen LogP contribution in [0, 0.1) is 0 Å². The van der Waals surface area contributed by atoms with Crippen LogP contribution in [-0.2, 0) is 5.54 Å². The first kappa shape index (κ1) is 15.3. The molecule has 0 aromatic heterocycles. The standard InChI is InChI=1S/C18H17BrN2O3/c19-13-2-4-14(5-3-13)20-17(22)21-18(7-8-18)12-1-6-15-16(11-12)24-10-9-23-15/h1-6,11H,7-10H2,(H2,20,21,22). The van der Waals surface area contributed by atoms with Gasteiger partial charge in [0, 0.05) is 10.2 Å². The van der Waals surface area contributed by atoms with E-state index in [1.807, 2.05) is 42.5 Å². The van der Waals surface area contributed by atoms with Crippen LogP contribution in [0.25, 0.3) is 0 Å². The van der Waals surface area contributed by atoms with Gasteiger partial charge in [-0.05, 0) is 54.8 Å². The van der Waals surface area contributed by atoms with Crippen molar-refractivity contribution in [2.45, 2.75) is 18.4 Å². The van der Waals surface area contributed by atoms with E-state index >= 15 is 0 Å². The van der Waals surface area contributed by atoms with Gasteiger partial charge in [0.15, 0.2) is 11.5 Å². The molecule has 1 aliphatic carbocycles. The summed E-state index contributed by atoms with van der Waals surface area (Å²) in [6.07, 6.45) is 1.83. The fourth-order valence-electron chi connectivity index (χ4n) is 2.86. The minimum Gasteiger partial charge on any atom is -0.486 e. The lowest BCUT2D eigenvalue weighted by Gasteiger charge is -2.23. The number of hydrogen-bond donors (Lipinski definition) is 2. The van der Waals surface area contributed by atoms with Gasteiger partial charge in [-0.2, -0.15) is 0 Å². The molecule has 24 heavy (non-hydrogen) atoms. The van der Waals surface area contributed by atoms with Crippen molar-refractivity contribution < 1.29 is 14.3 Å². The SMILES string of the molecule is O=C(Nc1ccc(Br)cc1)NC1(c2ccc3c(c2)OCCO3)CC1. The Balaban J connectivity index is 1.47. The van der Waals surface area contributed by atoms with Gasteiger partial charge in [0.05, 0.1) is 5.54 Å². The van der Waals surface area contributed by atoms with E-state index < -0.39 is 0 Å². The Morgan fingerprint density at radius 1 is 1.00 bits per heavy atom. The smallest absolute Gasteiger partial charge is 0.319 e. The van der Waals surface area contributed by atoms with Crippen molar-refractivity contribution >= 4 is 27.6 Å². The number of nitrogens with one attached hydrogen (secondary N) is 2. The normalized spacial score (nSPS) is 17.0. The number of urea groups is 1. The lowest BCUT2D eigenvalue weighted by Crippen LogP contribution is -2.38. The summed E-state index contributed by atoms with van der Waals surface area (Å²) >= 11 is 3.38. The largest absolute Gasteiger partial charge is 0.486 e. The average molecular weight is 389 g/mol. The first-order valence-corrected chi connectivity index (χ1v) is 8.69. The van der Waals surface area contributed by atoms with Crippen LogP contribution in [0.1, 0.15) is 18.4 Å². The molecular weight excluding hydrogens is 372 g/mol. The van der Waals surface area contributed by atoms with Gasteiger partial charge in [-0.3, -0.25) is 0 Å². The number of hydrogen-bond acceptors (Lipinski definition) is 3. The van der Waals surface area contributed by atoms with Crippen LogP contribution in [0.2, 0.25) is 0 Å². The Kier molecular flexibility index (Phi) is 3.84. The minimum atomic E-state index is -0.310. The second-order valence-corrected chi connectivity index (χ2v) is 6.94. The van der Waals surface area contributed by atoms with Crippen molar-refractivity contribution in [1.29, 1.82) is 0 Å². The molecule has 1 heterocycles. The molecule has 124 valence electrons. The molecule has 2 aliphatic rings. The number of anilines is 1. The third-order valence-electron chi connectivity index (χ3n) is 4.30. The molecule has 2 aromatic carbocycles. The van der Waals surface area contributed by atoms with Gasteiger partial charge in [-0.1, -0.05) is 22.0 Å². The minimum absolute atomic E-state index is 0.204. The van der Waals surface area contributed by atoms with Gasteiger partial charge < -0.3 is 20.1 Å². The molecule has 6 heteroatoms. The Morgan fingerprint density at radius 2 is 1.71 bits per heavy atom. The molecule has 1 fully saturated rings. The Hall–Kier alpha value is -2.21.